The molecule has 136 valence electrons. The number of aromatic nitrogens is 3. The Morgan fingerprint density at radius 3 is 2.76 bits per heavy atom. The van der Waals surface area contributed by atoms with E-state index in [1.807, 2.05) is 13.8 Å². The van der Waals surface area contributed by atoms with E-state index in [1.165, 1.54) is 0 Å². The molecule has 3 heterocycles. The Balaban J connectivity index is 1.41. The molecule has 1 aliphatic heterocycles. The van der Waals surface area contributed by atoms with Gasteiger partial charge in [-0.2, -0.15) is 5.10 Å². The van der Waals surface area contributed by atoms with Crippen LogP contribution in [0.2, 0.25) is 0 Å². The van der Waals surface area contributed by atoms with Gasteiger partial charge in [0.2, 0.25) is 0 Å². The van der Waals surface area contributed by atoms with Crippen LogP contribution in [0.3, 0.4) is 0 Å². The van der Waals surface area contributed by atoms with E-state index in [4.69, 9.17) is 4.42 Å². The molecule has 0 bridgehead atoms. The molecule has 0 unspecified atom stereocenters. The van der Waals surface area contributed by atoms with Crippen molar-refractivity contribution in [2.24, 2.45) is 5.92 Å². The number of nitrogens with zero attached hydrogens (tertiary/aromatic N) is 3. The minimum Gasteiger partial charge on any atom is -0.466 e. The predicted molar refractivity (Wildman–Crippen MR) is 94.3 cm³/mol. The van der Waals surface area contributed by atoms with Crippen LogP contribution in [0.15, 0.2) is 10.5 Å². The number of likely N-dealkylation sites (tertiary alicyclic amines) is 1. The van der Waals surface area contributed by atoms with Crippen molar-refractivity contribution in [3.05, 3.63) is 34.8 Å². The van der Waals surface area contributed by atoms with Gasteiger partial charge in [0.1, 0.15) is 23.2 Å². The molecule has 7 nitrogen and oxygen atoms in total. The maximum atomic E-state index is 12.3. The molecule has 0 saturated carbocycles. The summed E-state index contributed by atoms with van der Waals surface area (Å²) in [7, 11) is 0. The molecule has 0 aliphatic carbocycles. The number of H-pyrrole nitrogens is 1. The first-order valence-corrected chi connectivity index (χ1v) is 9.03. The van der Waals surface area contributed by atoms with Crippen molar-refractivity contribution in [1.29, 1.82) is 0 Å². The van der Waals surface area contributed by atoms with E-state index < -0.39 is 0 Å². The Labute approximate surface area is 148 Å². The molecule has 25 heavy (non-hydrogen) atoms. The maximum absolute atomic E-state index is 12.3. The van der Waals surface area contributed by atoms with Crippen LogP contribution >= 0.6 is 0 Å². The molecule has 0 spiro atoms. The number of carbonyl (C=O) groups is 1. The van der Waals surface area contributed by atoms with Gasteiger partial charge in [0.05, 0.1) is 12.1 Å². The highest BCUT2D eigenvalue weighted by molar-refractivity contribution is 5.95. The van der Waals surface area contributed by atoms with Crippen LogP contribution in [0.1, 0.15) is 53.3 Å². The second kappa shape index (κ2) is 7.82. The molecule has 1 saturated heterocycles. The van der Waals surface area contributed by atoms with Crippen molar-refractivity contribution in [3.8, 4) is 0 Å². The average molecular weight is 345 g/mol. The van der Waals surface area contributed by atoms with Crippen molar-refractivity contribution in [3.63, 3.8) is 0 Å². The van der Waals surface area contributed by atoms with Crippen molar-refractivity contribution < 1.29 is 9.21 Å². The average Bonchev–Trinajstić information content (AvgIpc) is 3.19. The van der Waals surface area contributed by atoms with Gasteiger partial charge < -0.3 is 9.73 Å². The van der Waals surface area contributed by atoms with Crippen LogP contribution in [0, 0.1) is 19.8 Å². The van der Waals surface area contributed by atoms with E-state index in [1.54, 1.807) is 6.07 Å². The molecule has 2 N–H and O–H groups in total. The third-order valence-electron chi connectivity index (χ3n) is 4.81. The zero-order valence-corrected chi connectivity index (χ0v) is 15.3. The molecular weight excluding hydrogens is 318 g/mol. The van der Waals surface area contributed by atoms with Gasteiger partial charge in [0.25, 0.3) is 5.91 Å². The third-order valence-corrected chi connectivity index (χ3v) is 4.81. The van der Waals surface area contributed by atoms with Crippen LogP contribution < -0.4 is 5.32 Å². The number of carbonyl (C=O) groups excluding carboxylic acids is 1. The van der Waals surface area contributed by atoms with Gasteiger partial charge in [0.15, 0.2) is 0 Å². The topological polar surface area (TPSA) is 87.0 Å². The summed E-state index contributed by atoms with van der Waals surface area (Å²) in [5.74, 6) is 3.75. The van der Waals surface area contributed by atoms with Crippen LogP contribution in [0.5, 0.6) is 0 Å². The van der Waals surface area contributed by atoms with E-state index in [9.17, 15) is 4.79 Å². The largest absolute Gasteiger partial charge is 0.466 e. The number of amides is 1. The van der Waals surface area contributed by atoms with Gasteiger partial charge >= 0.3 is 0 Å². The molecule has 2 aromatic heterocycles. The Morgan fingerprint density at radius 2 is 2.16 bits per heavy atom. The molecule has 0 radical (unpaired) electrons. The quantitative estimate of drug-likeness (QED) is 0.838. The number of furan rings is 1. The molecule has 0 atom stereocenters. The van der Waals surface area contributed by atoms with Gasteiger partial charge in [-0.15, -0.1) is 0 Å². The van der Waals surface area contributed by atoms with Crippen LogP contribution in [-0.2, 0) is 13.0 Å². The standard InChI is InChI=1S/C18H27N5O2/c1-4-16-20-17(22-21-16)11-23-7-5-14(6-8-23)10-19-18(24)15-9-12(2)25-13(15)3/h9,14H,4-8,10-11H2,1-3H3,(H,19,24)(H,20,21,22). The van der Waals surface area contributed by atoms with E-state index >= 15 is 0 Å². The van der Waals surface area contributed by atoms with Gasteiger partial charge in [0, 0.05) is 13.0 Å². The van der Waals surface area contributed by atoms with Crippen molar-refractivity contribution in [2.45, 2.75) is 46.6 Å². The number of nitrogens with one attached hydrogen (secondary N) is 2. The minimum atomic E-state index is -0.0365. The predicted octanol–water partition coefficient (Wildman–Crippen LogP) is 2.22. The molecule has 1 fully saturated rings. The summed E-state index contributed by atoms with van der Waals surface area (Å²) in [6.45, 7) is 9.32. The normalized spacial score (nSPS) is 16.3. The molecule has 7 heteroatoms. The lowest BCUT2D eigenvalue weighted by Gasteiger charge is -2.31. The molecule has 3 rings (SSSR count). The zero-order valence-electron chi connectivity index (χ0n) is 15.3. The summed E-state index contributed by atoms with van der Waals surface area (Å²) >= 11 is 0. The molecule has 1 aliphatic rings. The second-order valence-corrected chi connectivity index (χ2v) is 6.81. The number of piperidine rings is 1. The smallest absolute Gasteiger partial charge is 0.254 e. The fourth-order valence-corrected chi connectivity index (χ4v) is 3.31. The highest BCUT2D eigenvalue weighted by atomic mass is 16.3. The Hall–Kier alpha value is -2.15. The Kier molecular flexibility index (Phi) is 5.53. The van der Waals surface area contributed by atoms with Crippen LogP contribution in [0.25, 0.3) is 0 Å². The highest BCUT2D eigenvalue weighted by Gasteiger charge is 2.21. The Bertz CT molecular complexity index is 713. The fraction of sp³-hybridized carbons (Fsp3) is 0.611. The van der Waals surface area contributed by atoms with Gasteiger partial charge in [-0.3, -0.25) is 14.8 Å². The lowest BCUT2D eigenvalue weighted by atomic mass is 9.96. The van der Waals surface area contributed by atoms with Gasteiger partial charge in [-0.1, -0.05) is 6.92 Å². The first-order valence-electron chi connectivity index (χ1n) is 9.03. The summed E-state index contributed by atoms with van der Waals surface area (Å²) in [6.07, 6.45) is 3.02. The third kappa shape index (κ3) is 4.48. The van der Waals surface area contributed by atoms with E-state index in [-0.39, 0.29) is 5.91 Å². The molecule has 1 amide bonds. The maximum Gasteiger partial charge on any atom is 0.254 e. The second-order valence-electron chi connectivity index (χ2n) is 6.81. The fourth-order valence-electron chi connectivity index (χ4n) is 3.31. The number of hydrogen-bond acceptors (Lipinski definition) is 5. The van der Waals surface area contributed by atoms with E-state index in [2.05, 4.69) is 32.3 Å². The van der Waals surface area contributed by atoms with Gasteiger partial charge in [-0.25, -0.2) is 4.98 Å². The van der Waals surface area contributed by atoms with Crippen molar-refractivity contribution >= 4 is 5.91 Å². The zero-order chi connectivity index (χ0) is 17.8. The van der Waals surface area contributed by atoms with E-state index in [0.29, 0.717) is 17.2 Å². The Morgan fingerprint density at radius 1 is 1.40 bits per heavy atom. The van der Waals surface area contributed by atoms with Crippen molar-refractivity contribution in [2.75, 3.05) is 19.6 Å². The van der Waals surface area contributed by atoms with Crippen LogP contribution in [0.4, 0.5) is 0 Å². The first-order chi connectivity index (χ1) is 12.0. The highest BCUT2D eigenvalue weighted by Crippen LogP contribution is 2.18. The number of rotatable bonds is 6. The number of aromatic amines is 1. The summed E-state index contributed by atoms with van der Waals surface area (Å²) in [6, 6.07) is 1.80. The number of aryl methyl sites for hydroxylation is 3. The number of hydrogen-bond donors (Lipinski definition) is 2. The van der Waals surface area contributed by atoms with E-state index in [0.717, 1.165) is 62.9 Å². The minimum absolute atomic E-state index is 0.0365. The van der Waals surface area contributed by atoms with Crippen molar-refractivity contribution in [1.82, 2.24) is 25.4 Å². The lowest BCUT2D eigenvalue weighted by molar-refractivity contribution is 0.0933. The SMILES string of the molecule is CCc1n[nH]c(CN2CCC(CNC(=O)c3cc(C)oc3C)CC2)n1. The molecular formula is C18H27N5O2. The molecule has 0 aromatic carbocycles. The summed E-state index contributed by atoms with van der Waals surface area (Å²) < 4.78 is 5.43. The summed E-state index contributed by atoms with van der Waals surface area (Å²) in [4.78, 5) is 19.1. The summed E-state index contributed by atoms with van der Waals surface area (Å²) in [5.41, 5.74) is 0.645. The lowest BCUT2D eigenvalue weighted by Crippen LogP contribution is -2.38. The first kappa shape index (κ1) is 17.7. The molecule has 2 aromatic rings. The summed E-state index contributed by atoms with van der Waals surface area (Å²) in [5, 5.41) is 10.2. The van der Waals surface area contributed by atoms with Gasteiger partial charge in [-0.05, 0) is 51.8 Å². The van der Waals surface area contributed by atoms with Crippen LogP contribution in [-0.4, -0.2) is 45.6 Å². The monoisotopic (exact) mass is 345 g/mol.